The lowest BCUT2D eigenvalue weighted by atomic mass is 9.82. The van der Waals surface area contributed by atoms with Gasteiger partial charge in [-0.2, -0.15) is 13.2 Å². The van der Waals surface area contributed by atoms with Gasteiger partial charge < -0.3 is 10.2 Å². The quantitative estimate of drug-likeness (QED) is 0.863. The number of carbonyl (C=O) groups is 2. The summed E-state index contributed by atoms with van der Waals surface area (Å²) >= 11 is 0. The predicted molar refractivity (Wildman–Crippen MR) is 65.8 cm³/mol. The van der Waals surface area contributed by atoms with Crippen LogP contribution in [-0.4, -0.2) is 42.0 Å². The van der Waals surface area contributed by atoms with Crippen molar-refractivity contribution in [3.8, 4) is 0 Å². The number of halogens is 3. The normalized spacial score (nSPS) is 25.8. The van der Waals surface area contributed by atoms with Gasteiger partial charge in [0.25, 0.3) is 0 Å². The number of hydrogen-bond acceptors (Lipinski definition) is 2. The first kappa shape index (κ1) is 15.1. The second-order valence-electron chi connectivity index (χ2n) is 5.57. The molecule has 1 heterocycles. The summed E-state index contributed by atoms with van der Waals surface area (Å²) in [6, 6.07) is -0.634. The molecule has 0 aromatic heterocycles. The van der Waals surface area contributed by atoms with Crippen LogP contribution in [-0.2, 0) is 9.59 Å². The number of nitrogens with one attached hydrogen (secondary N) is 1. The molecule has 0 radical (unpaired) electrons. The van der Waals surface area contributed by atoms with Gasteiger partial charge in [-0.15, -0.1) is 0 Å². The average Bonchev–Trinajstić information content (AvgIpc) is 2.39. The smallest absolute Gasteiger partial charge is 0.342 e. The third-order valence-corrected chi connectivity index (χ3v) is 4.02. The molecule has 1 unspecified atom stereocenters. The van der Waals surface area contributed by atoms with Gasteiger partial charge in [-0.05, 0) is 18.8 Å². The fourth-order valence-corrected chi connectivity index (χ4v) is 2.97. The monoisotopic (exact) mass is 292 g/mol. The Labute approximate surface area is 115 Å². The van der Waals surface area contributed by atoms with Crippen LogP contribution in [0.4, 0.5) is 13.2 Å². The Balaban J connectivity index is 1.99. The van der Waals surface area contributed by atoms with Gasteiger partial charge in [0.15, 0.2) is 0 Å². The van der Waals surface area contributed by atoms with Crippen LogP contribution in [0, 0.1) is 5.92 Å². The van der Waals surface area contributed by atoms with Gasteiger partial charge in [0.1, 0.15) is 6.04 Å². The first-order chi connectivity index (χ1) is 9.37. The van der Waals surface area contributed by atoms with Gasteiger partial charge >= 0.3 is 6.18 Å². The summed E-state index contributed by atoms with van der Waals surface area (Å²) in [6.07, 6.45) is -0.547. The van der Waals surface area contributed by atoms with E-state index >= 15 is 0 Å². The van der Waals surface area contributed by atoms with Crippen molar-refractivity contribution in [1.82, 2.24) is 10.2 Å². The molecule has 1 aliphatic carbocycles. The van der Waals surface area contributed by atoms with Crippen molar-refractivity contribution >= 4 is 11.8 Å². The van der Waals surface area contributed by atoms with E-state index in [4.69, 9.17) is 0 Å². The van der Waals surface area contributed by atoms with E-state index in [9.17, 15) is 22.8 Å². The van der Waals surface area contributed by atoms with Crippen LogP contribution in [0.3, 0.4) is 0 Å². The Bertz CT molecular complexity index is 378. The molecule has 1 aliphatic heterocycles. The highest BCUT2D eigenvalue weighted by molar-refractivity contribution is 5.95. The Morgan fingerprint density at radius 1 is 1.15 bits per heavy atom. The number of hydrogen-bond donors (Lipinski definition) is 1. The minimum Gasteiger partial charge on any atom is -0.342 e. The van der Waals surface area contributed by atoms with Crippen LogP contribution in [0.25, 0.3) is 0 Å². The van der Waals surface area contributed by atoms with Crippen molar-refractivity contribution in [2.45, 2.75) is 50.7 Å². The van der Waals surface area contributed by atoms with Crippen molar-refractivity contribution in [3.05, 3.63) is 0 Å². The largest absolute Gasteiger partial charge is 0.390 e. The summed E-state index contributed by atoms with van der Waals surface area (Å²) in [5.74, 6) is -0.656. The highest BCUT2D eigenvalue weighted by Gasteiger charge is 2.39. The second kappa shape index (κ2) is 6.01. The van der Waals surface area contributed by atoms with E-state index in [0.29, 0.717) is 0 Å². The van der Waals surface area contributed by atoms with Crippen molar-refractivity contribution in [2.75, 3.05) is 13.1 Å². The Morgan fingerprint density at radius 3 is 2.40 bits per heavy atom. The molecule has 7 heteroatoms. The van der Waals surface area contributed by atoms with Gasteiger partial charge in [0.2, 0.25) is 11.8 Å². The van der Waals surface area contributed by atoms with Crippen LogP contribution in [0.5, 0.6) is 0 Å². The molecule has 0 bridgehead atoms. The maximum absolute atomic E-state index is 12.2. The van der Waals surface area contributed by atoms with Crippen molar-refractivity contribution in [1.29, 1.82) is 0 Å². The number of carbonyl (C=O) groups excluding carboxylic acids is 2. The van der Waals surface area contributed by atoms with Gasteiger partial charge in [-0.25, -0.2) is 0 Å². The Hall–Kier alpha value is -1.27. The molecule has 1 N–H and O–H groups in total. The zero-order valence-electron chi connectivity index (χ0n) is 11.2. The minimum absolute atomic E-state index is 0.0638. The van der Waals surface area contributed by atoms with Crippen molar-refractivity contribution < 1.29 is 22.8 Å². The lowest BCUT2D eigenvalue weighted by molar-refractivity contribution is -0.154. The second-order valence-corrected chi connectivity index (χ2v) is 5.57. The van der Waals surface area contributed by atoms with E-state index < -0.39 is 25.2 Å². The molecule has 2 rings (SSSR count). The van der Waals surface area contributed by atoms with Crippen LogP contribution in [0.2, 0.25) is 0 Å². The van der Waals surface area contributed by atoms with E-state index in [-0.39, 0.29) is 24.3 Å². The molecule has 2 aliphatic rings. The first-order valence-electron chi connectivity index (χ1n) is 7.02. The van der Waals surface area contributed by atoms with Crippen LogP contribution >= 0.6 is 0 Å². The number of alkyl halides is 3. The summed E-state index contributed by atoms with van der Waals surface area (Å²) in [7, 11) is 0. The number of rotatable bonds is 3. The standard InChI is InChI=1S/C13H19F3N2O2/c14-13(15,16)6-7-18-8-10(19)17-11(12(18)20)9-4-2-1-3-5-9/h9,11H,1-8H2,(H,17,19). The zero-order chi connectivity index (χ0) is 14.8. The van der Waals surface area contributed by atoms with Gasteiger partial charge in [-0.1, -0.05) is 19.3 Å². The maximum atomic E-state index is 12.2. The number of amides is 2. The molecule has 1 atom stereocenters. The van der Waals surface area contributed by atoms with Crippen molar-refractivity contribution in [3.63, 3.8) is 0 Å². The maximum Gasteiger partial charge on any atom is 0.390 e. The molecular formula is C13H19F3N2O2. The fourth-order valence-electron chi connectivity index (χ4n) is 2.97. The Kier molecular flexibility index (Phi) is 4.55. The molecule has 1 saturated heterocycles. The molecule has 0 aromatic rings. The average molecular weight is 292 g/mol. The summed E-state index contributed by atoms with van der Waals surface area (Å²) < 4.78 is 36.7. The number of piperazine rings is 1. The third-order valence-electron chi connectivity index (χ3n) is 4.02. The summed E-state index contributed by atoms with van der Waals surface area (Å²) in [5, 5.41) is 2.65. The van der Waals surface area contributed by atoms with Gasteiger partial charge in [-0.3, -0.25) is 9.59 Å². The van der Waals surface area contributed by atoms with Crippen LogP contribution in [0.1, 0.15) is 38.5 Å². The highest BCUT2D eigenvalue weighted by atomic mass is 19.4. The molecule has 114 valence electrons. The highest BCUT2D eigenvalue weighted by Crippen LogP contribution is 2.29. The van der Waals surface area contributed by atoms with Gasteiger partial charge in [0, 0.05) is 6.54 Å². The lowest BCUT2D eigenvalue weighted by Gasteiger charge is -2.38. The Morgan fingerprint density at radius 2 is 1.80 bits per heavy atom. The fraction of sp³-hybridized carbons (Fsp3) is 0.846. The summed E-state index contributed by atoms with van der Waals surface area (Å²) in [4.78, 5) is 24.9. The minimum atomic E-state index is -4.31. The van der Waals surface area contributed by atoms with Crippen molar-refractivity contribution in [2.24, 2.45) is 5.92 Å². The van der Waals surface area contributed by atoms with E-state index in [1.807, 2.05) is 0 Å². The van der Waals surface area contributed by atoms with Crippen LogP contribution in [0.15, 0.2) is 0 Å². The lowest BCUT2D eigenvalue weighted by Crippen LogP contribution is -2.61. The summed E-state index contributed by atoms with van der Waals surface area (Å²) in [5.41, 5.74) is 0. The molecule has 1 saturated carbocycles. The third kappa shape index (κ3) is 3.86. The topological polar surface area (TPSA) is 49.4 Å². The molecule has 0 spiro atoms. The molecular weight excluding hydrogens is 273 g/mol. The number of nitrogens with zero attached hydrogens (tertiary/aromatic N) is 1. The van der Waals surface area contributed by atoms with Crippen LogP contribution < -0.4 is 5.32 Å². The molecule has 4 nitrogen and oxygen atoms in total. The SMILES string of the molecule is O=C1CN(CCC(F)(F)F)C(=O)C(C2CCCCC2)N1. The molecule has 20 heavy (non-hydrogen) atoms. The van der Waals surface area contributed by atoms with E-state index in [2.05, 4.69) is 5.32 Å². The molecule has 2 fully saturated rings. The molecule has 2 amide bonds. The molecule has 0 aromatic carbocycles. The van der Waals surface area contributed by atoms with E-state index in [1.165, 1.54) is 0 Å². The first-order valence-corrected chi connectivity index (χ1v) is 7.02. The van der Waals surface area contributed by atoms with Gasteiger partial charge in [0.05, 0.1) is 13.0 Å². The zero-order valence-corrected chi connectivity index (χ0v) is 11.2. The van der Waals surface area contributed by atoms with E-state index in [1.54, 1.807) is 0 Å². The van der Waals surface area contributed by atoms with E-state index in [0.717, 1.165) is 37.0 Å². The summed E-state index contributed by atoms with van der Waals surface area (Å²) in [6.45, 7) is -0.697. The predicted octanol–water partition coefficient (Wildman–Crippen LogP) is 1.85.